The Morgan fingerprint density at radius 1 is 1.18 bits per heavy atom. The molecule has 1 fully saturated rings. The van der Waals surface area contributed by atoms with Crippen molar-refractivity contribution in [3.63, 3.8) is 0 Å². The average Bonchev–Trinajstić information content (AvgIpc) is 3.11. The van der Waals surface area contributed by atoms with Gasteiger partial charge in [-0.3, -0.25) is 0 Å². The van der Waals surface area contributed by atoms with E-state index in [4.69, 9.17) is 4.74 Å². The first-order valence-electron chi connectivity index (χ1n) is 8.80. The number of anilines is 1. The van der Waals surface area contributed by atoms with Crippen LogP contribution in [0.4, 0.5) is 19.0 Å². The minimum atomic E-state index is -4.34. The molecule has 0 spiro atoms. The van der Waals surface area contributed by atoms with E-state index in [1.165, 1.54) is 25.4 Å². The standard InChI is InChI=1S/C20H21F3N2O3/c1-27-12-17-9-15(13-3-6-16(7-4-13)20(21,22)23)11-25(17)18-8-5-14(10-24-18)19(26)28-2/h3-8,10,15,17H,9,11-12H2,1-2H3/t15?,17-/m0/s1. The Balaban J connectivity index is 1.80. The molecule has 28 heavy (non-hydrogen) atoms. The zero-order valence-corrected chi connectivity index (χ0v) is 15.6. The van der Waals surface area contributed by atoms with Crippen LogP contribution in [0.3, 0.4) is 0 Å². The highest BCUT2D eigenvalue weighted by Crippen LogP contribution is 2.36. The van der Waals surface area contributed by atoms with E-state index in [9.17, 15) is 18.0 Å². The predicted octanol–water partition coefficient (Wildman–Crippen LogP) is 3.90. The van der Waals surface area contributed by atoms with Gasteiger partial charge in [-0.05, 0) is 36.2 Å². The highest BCUT2D eigenvalue weighted by Gasteiger charge is 2.35. The zero-order valence-electron chi connectivity index (χ0n) is 15.6. The summed E-state index contributed by atoms with van der Waals surface area (Å²) in [5.74, 6) is 0.283. The predicted molar refractivity (Wildman–Crippen MR) is 97.4 cm³/mol. The first-order chi connectivity index (χ1) is 13.3. The van der Waals surface area contributed by atoms with Crippen LogP contribution < -0.4 is 4.90 Å². The van der Waals surface area contributed by atoms with E-state index >= 15 is 0 Å². The number of esters is 1. The molecule has 150 valence electrons. The fraction of sp³-hybridized carbons (Fsp3) is 0.400. The van der Waals surface area contributed by atoms with Crippen LogP contribution >= 0.6 is 0 Å². The van der Waals surface area contributed by atoms with E-state index in [0.29, 0.717) is 24.5 Å². The Labute approximate surface area is 161 Å². The molecule has 1 saturated heterocycles. The van der Waals surface area contributed by atoms with Crippen LogP contribution in [0, 0.1) is 0 Å². The second-order valence-corrected chi connectivity index (χ2v) is 6.71. The van der Waals surface area contributed by atoms with Gasteiger partial charge < -0.3 is 14.4 Å². The van der Waals surface area contributed by atoms with Crippen molar-refractivity contribution in [1.82, 2.24) is 4.98 Å². The van der Waals surface area contributed by atoms with Crippen molar-refractivity contribution >= 4 is 11.8 Å². The maximum absolute atomic E-state index is 12.8. The van der Waals surface area contributed by atoms with Gasteiger partial charge in [0.05, 0.1) is 30.9 Å². The molecule has 1 aliphatic heterocycles. The molecule has 2 aromatic rings. The highest BCUT2D eigenvalue weighted by molar-refractivity contribution is 5.89. The van der Waals surface area contributed by atoms with Gasteiger partial charge in [0, 0.05) is 25.8 Å². The summed E-state index contributed by atoms with van der Waals surface area (Å²) in [4.78, 5) is 18.0. The van der Waals surface area contributed by atoms with Crippen LogP contribution in [0.1, 0.15) is 33.8 Å². The minimum Gasteiger partial charge on any atom is -0.465 e. The molecule has 0 amide bonds. The lowest BCUT2D eigenvalue weighted by Gasteiger charge is -2.25. The van der Waals surface area contributed by atoms with Gasteiger partial charge in [0.1, 0.15) is 5.82 Å². The molecule has 1 aromatic carbocycles. The molecule has 1 unspecified atom stereocenters. The lowest BCUT2D eigenvalue weighted by atomic mass is 9.95. The molecule has 1 aromatic heterocycles. The van der Waals surface area contributed by atoms with Crippen LogP contribution in [-0.2, 0) is 15.7 Å². The van der Waals surface area contributed by atoms with Gasteiger partial charge in [-0.2, -0.15) is 13.2 Å². The van der Waals surface area contributed by atoms with Crippen molar-refractivity contribution in [2.45, 2.75) is 24.6 Å². The molecule has 8 heteroatoms. The van der Waals surface area contributed by atoms with E-state index in [2.05, 4.69) is 14.6 Å². The third kappa shape index (κ3) is 4.27. The molecule has 0 saturated carbocycles. The van der Waals surface area contributed by atoms with Crippen molar-refractivity contribution in [2.24, 2.45) is 0 Å². The number of rotatable bonds is 5. The normalized spacial score (nSPS) is 19.7. The number of carbonyl (C=O) groups excluding carboxylic acids is 1. The Kier molecular flexibility index (Phi) is 5.88. The summed E-state index contributed by atoms with van der Waals surface area (Å²) in [6.45, 7) is 1.07. The Morgan fingerprint density at radius 2 is 1.89 bits per heavy atom. The van der Waals surface area contributed by atoms with Gasteiger partial charge in [0.25, 0.3) is 0 Å². The average molecular weight is 394 g/mol. The number of aromatic nitrogens is 1. The molecule has 0 radical (unpaired) electrons. The first kappa shape index (κ1) is 20.1. The van der Waals surface area contributed by atoms with Crippen LogP contribution in [-0.4, -0.2) is 44.4 Å². The molecule has 2 heterocycles. The first-order valence-corrected chi connectivity index (χ1v) is 8.80. The van der Waals surface area contributed by atoms with Crippen LogP contribution in [0.15, 0.2) is 42.6 Å². The fourth-order valence-corrected chi connectivity index (χ4v) is 3.53. The van der Waals surface area contributed by atoms with Gasteiger partial charge in [-0.15, -0.1) is 0 Å². The number of hydrogen-bond donors (Lipinski definition) is 0. The number of carbonyl (C=O) groups is 1. The summed E-state index contributed by atoms with van der Waals surface area (Å²) in [7, 11) is 2.91. The van der Waals surface area contributed by atoms with Crippen LogP contribution in [0.2, 0.25) is 0 Å². The molecule has 1 aliphatic rings. The number of nitrogens with zero attached hydrogens (tertiary/aromatic N) is 2. The van der Waals surface area contributed by atoms with Crippen LogP contribution in [0.25, 0.3) is 0 Å². The second kappa shape index (κ2) is 8.18. The van der Waals surface area contributed by atoms with E-state index in [1.807, 2.05) is 0 Å². The van der Waals surface area contributed by atoms with Crippen molar-refractivity contribution in [2.75, 3.05) is 32.3 Å². The largest absolute Gasteiger partial charge is 0.465 e. The number of benzene rings is 1. The molecule has 0 N–H and O–H groups in total. The maximum Gasteiger partial charge on any atom is 0.416 e. The van der Waals surface area contributed by atoms with Crippen molar-refractivity contribution in [1.29, 1.82) is 0 Å². The van der Waals surface area contributed by atoms with Crippen LogP contribution in [0.5, 0.6) is 0 Å². The van der Waals surface area contributed by atoms with Crippen molar-refractivity contribution in [3.8, 4) is 0 Å². The quantitative estimate of drug-likeness (QED) is 0.720. The van der Waals surface area contributed by atoms with Gasteiger partial charge in [0.15, 0.2) is 0 Å². The lowest BCUT2D eigenvalue weighted by molar-refractivity contribution is -0.137. The third-order valence-corrected chi connectivity index (χ3v) is 4.95. The second-order valence-electron chi connectivity index (χ2n) is 6.71. The number of alkyl halides is 3. The Bertz CT molecular complexity index is 807. The van der Waals surface area contributed by atoms with E-state index in [1.54, 1.807) is 19.2 Å². The molecule has 0 bridgehead atoms. The van der Waals surface area contributed by atoms with Gasteiger partial charge in [0.2, 0.25) is 0 Å². The molecule has 0 aliphatic carbocycles. The number of halogens is 3. The molecule has 3 rings (SSSR count). The third-order valence-electron chi connectivity index (χ3n) is 4.95. The number of methoxy groups -OCH3 is 2. The molecule has 2 atom stereocenters. The zero-order chi connectivity index (χ0) is 20.3. The highest BCUT2D eigenvalue weighted by atomic mass is 19.4. The van der Waals surface area contributed by atoms with E-state index < -0.39 is 17.7 Å². The van der Waals surface area contributed by atoms with E-state index in [-0.39, 0.29) is 12.0 Å². The summed E-state index contributed by atoms with van der Waals surface area (Å²) < 4.78 is 48.4. The number of ether oxygens (including phenoxy) is 2. The summed E-state index contributed by atoms with van der Waals surface area (Å²) in [6, 6.07) is 8.73. The van der Waals surface area contributed by atoms with Crippen molar-refractivity contribution < 1.29 is 27.4 Å². The van der Waals surface area contributed by atoms with Gasteiger partial charge in [-0.25, -0.2) is 9.78 Å². The SMILES string of the molecule is COC[C@@H]1CC(c2ccc(C(F)(F)F)cc2)CN1c1ccc(C(=O)OC)cn1. The number of pyridine rings is 1. The molecular weight excluding hydrogens is 373 g/mol. The Morgan fingerprint density at radius 3 is 2.43 bits per heavy atom. The summed E-state index contributed by atoms with van der Waals surface area (Å²) in [6.07, 6.45) is -2.15. The molecule has 5 nitrogen and oxygen atoms in total. The Hall–Kier alpha value is -2.61. The summed E-state index contributed by atoms with van der Waals surface area (Å²) in [5, 5.41) is 0. The molecular formula is C20H21F3N2O3. The maximum atomic E-state index is 12.8. The summed E-state index contributed by atoms with van der Waals surface area (Å²) in [5.41, 5.74) is 0.551. The van der Waals surface area contributed by atoms with E-state index in [0.717, 1.165) is 24.1 Å². The summed E-state index contributed by atoms with van der Waals surface area (Å²) >= 11 is 0. The minimum absolute atomic E-state index is 0.0359. The smallest absolute Gasteiger partial charge is 0.416 e. The fourth-order valence-electron chi connectivity index (χ4n) is 3.53. The number of hydrogen-bond acceptors (Lipinski definition) is 5. The van der Waals surface area contributed by atoms with Gasteiger partial charge in [-0.1, -0.05) is 12.1 Å². The monoisotopic (exact) mass is 394 g/mol. The van der Waals surface area contributed by atoms with Gasteiger partial charge >= 0.3 is 12.1 Å². The topological polar surface area (TPSA) is 51.7 Å². The lowest BCUT2D eigenvalue weighted by Crippen LogP contribution is -2.33. The van der Waals surface area contributed by atoms with Crippen molar-refractivity contribution in [3.05, 3.63) is 59.3 Å².